The van der Waals surface area contributed by atoms with Crippen LogP contribution in [-0.2, 0) is 10.0 Å². The van der Waals surface area contributed by atoms with Gasteiger partial charge in [0.1, 0.15) is 4.21 Å². The van der Waals surface area contributed by atoms with Crippen molar-refractivity contribution >= 4 is 37.3 Å². The van der Waals surface area contributed by atoms with Crippen molar-refractivity contribution in [2.75, 3.05) is 6.54 Å². The van der Waals surface area contributed by atoms with Crippen LogP contribution >= 0.6 is 27.3 Å². The SMILES string of the molecule is CC#CCCNS(=O)(=O)c1sccc1Br. The van der Waals surface area contributed by atoms with Gasteiger partial charge in [-0.25, -0.2) is 13.1 Å². The van der Waals surface area contributed by atoms with Gasteiger partial charge in [0.2, 0.25) is 0 Å². The van der Waals surface area contributed by atoms with Crippen LogP contribution in [0, 0.1) is 11.8 Å². The second-order valence-electron chi connectivity index (χ2n) is 2.63. The average molecular weight is 308 g/mol. The zero-order valence-corrected chi connectivity index (χ0v) is 11.3. The lowest BCUT2D eigenvalue weighted by molar-refractivity contribution is 0.584. The van der Waals surface area contributed by atoms with Crippen molar-refractivity contribution < 1.29 is 8.42 Å². The second-order valence-corrected chi connectivity index (χ2v) is 6.36. The molecule has 1 rings (SSSR count). The summed E-state index contributed by atoms with van der Waals surface area (Å²) in [5.41, 5.74) is 0. The Bertz CT molecular complexity index is 482. The number of hydrogen-bond acceptors (Lipinski definition) is 3. The summed E-state index contributed by atoms with van der Waals surface area (Å²) in [6.07, 6.45) is 0.527. The Morgan fingerprint density at radius 3 is 2.87 bits per heavy atom. The maximum Gasteiger partial charge on any atom is 0.251 e. The van der Waals surface area contributed by atoms with Gasteiger partial charge in [0.25, 0.3) is 10.0 Å². The summed E-state index contributed by atoms with van der Waals surface area (Å²) in [5.74, 6) is 5.50. The summed E-state index contributed by atoms with van der Waals surface area (Å²) in [6, 6.07) is 1.71. The van der Waals surface area contributed by atoms with Gasteiger partial charge in [-0.15, -0.1) is 23.2 Å². The Kier molecular flexibility index (Phi) is 4.80. The number of sulfonamides is 1. The standard InChI is InChI=1S/C9H10BrNO2S2/c1-2-3-4-6-11-15(12,13)9-8(10)5-7-14-9/h5,7,11H,4,6H2,1H3. The fourth-order valence-corrected chi connectivity index (χ4v) is 4.32. The molecule has 0 atom stereocenters. The van der Waals surface area contributed by atoms with Crippen LogP contribution in [0.5, 0.6) is 0 Å². The third-order valence-corrected chi connectivity index (χ3v) is 5.68. The highest BCUT2D eigenvalue weighted by Crippen LogP contribution is 2.27. The molecule has 0 unspecified atom stereocenters. The molecule has 1 N–H and O–H groups in total. The minimum atomic E-state index is -3.37. The monoisotopic (exact) mass is 307 g/mol. The Hall–Kier alpha value is -0.350. The maximum atomic E-state index is 11.7. The molecular formula is C9H10BrNO2S2. The van der Waals surface area contributed by atoms with Crippen molar-refractivity contribution in [3.63, 3.8) is 0 Å². The minimum Gasteiger partial charge on any atom is -0.209 e. The van der Waals surface area contributed by atoms with E-state index in [4.69, 9.17) is 0 Å². The Morgan fingerprint density at radius 1 is 1.60 bits per heavy atom. The van der Waals surface area contributed by atoms with E-state index in [-0.39, 0.29) is 0 Å². The molecule has 0 aliphatic heterocycles. The molecule has 6 heteroatoms. The number of rotatable bonds is 4. The minimum absolute atomic E-state index is 0.312. The van der Waals surface area contributed by atoms with Gasteiger partial charge in [0.05, 0.1) is 0 Å². The first-order valence-corrected chi connectivity index (χ1v) is 7.36. The fraction of sp³-hybridized carbons (Fsp3) is 0.333. The number of hydrogen-bond donors (Lipinski definition) is 1. The van der Waals surface area contributed by atoms with E-state index in [0.29, 0.717) is 21.6 Å². The molecule has 0 aromatic carbocycles. The molecule has 0 bridgehead atoms. The van der Waals surface area contributed by atoms with Crippen LogP contribution in [0.1, 0.15) is 13.3 Å². The summed E-state index contributed by atoms with van der Waals surface area (Å²) in [4.78, 5) is 0. The third kappa shape index (κ3) is 3.61. The van der Waals surface area contributed by atoms with Crippen molar-refractivity contribution in [3.05, 3.63) is 15.9 Å². The van der Waals surface area contributed by atoms with Crippen molar-refractivity contribution in [3.8, 4) is 11.8 Å². The highest BCUT2D eigenvalue weighted by atomic mass is 79.9. The largest absolute Gasteiger partial charge is 0.251 e. The quantitative estimate of drug-likeness (QED) is 0.685. The molecule has 0 saturated carbocycles. The zero-order valence-electron chi connectivity index (χ0n) is 8.08. The Morgan fingerprint density at radius 2 is 2.33 bits per heavy atom. The van der Waals surface area contributed by atoms with Gasteiger partial charge in [-0.2, -0.15) is 0 Å². The predicted molar refractivity (Wildman–Crippen MR) is 65.3 cm³/mol. The van der Waals surface area contributed by atoms with Gasteiger partial charge < -0.3 is 0 Å². The first-order chi connectivity index (χ1) is 7.08. The lowest BCUT2D eigenvalue weighted by atomic mass is 10.4. The van der Waals surface area contributed by atoms with Gasteiger partial charge in [0, 0.05) is 17.4 Å². The smallest absolute Gasteiger partial charge is 0.209 e. The topological polar surface area (TPSA) is 46.2 Å². The molecule has 82 valence electrons. The van der Waals surface area contributed by atoms with Crippen LogP contribution in [0.3, 0.4) is 0 Å². The molecule has 0 spiro atoms. The Labute approximate surface area is 102 Å². The lowest BCUT2D eigenvalue weighted by Gasteiger charge is -2.02. The summed E-state index contributed by atoms with van der Waals surface area (Å²) in [5, 5.41) is 1.73. The maximum absolute atomic E-state index is 11.7. The molecule has 1 aromatic heterocycles. The van der Waals surface area contributed by atoms with Gasteiger partial charge in [-0.1, -0.05) is 0 Å². The van der Waals surface area contributed by atoms with Crippen molar-refractivity contribution in [2.24, 2.45) is 0 Å². The van der Waals surface area contributed by atoms with Crippen LogP contribution in [-0.4, -0.2) is 15.0 Å². The van der Waals surface area contributed by atoms with Crippen LogP contribution in [0.25, 0.3) is 0 Å². The molecular weight excluding hydrogens is 298 g/mol. The van der Waals surface area contributed by atoms with E-state index >= 15 is 0 Å². The van der Waals surface area contributed by atoms with E-state index in [1.165, 1.54) is 11.3 Å². The summed E-state index contributed by atoms with van der Waals surface area (Å²) in [6.45, 7) is 2.07. The second kappa shape index (κ2) is 5.66. The lowest BCUT2D eigenvalue weighted by Crippen LogP contribution is -2.24. The summed E-state index contributed by atoms with van der Waals surface area (Å²) in [7, 11) is -3.37. The number of thiophene rings is 1. The van der Waals surface area contributed by atoms with Crippen LogP contribution < -0.4 is 4.72 Å². The molecule has 0 saturated heterocycles. The fourth-order valence-electron chi connectivity index (χ4n) is 0.910. The van der Waals surface area contributed by atoms with E-state index in [1.807, 2.05) is 0 Å². The van der Waals surface area contributed by atoms with E-state index in [0.717, 1.165) is 0 Å². The molecule has 1 aromatic rings. The van der Waals surface area contributed by atoms with Crippen molar-refractivity contribution in [2.45, 2.75) is 17.6 Å². The van der Waals surface area contributed by atoms with Crippen LogP contribution in [0.2, 0.25) is 0 Å². The zero-order chi connectivity index (χ0) is 11.3. The Balaban J connectivity index is 2.67. The van der Waals surface area contributed by atoms with Crippen LogP contribution in [0.15, 0.2) is 20.1 Å². The summed E-state index contributed by atoms with van der Waals surface area (Å²) < 4.78 is 26.8. The highest BCUT2D eigenvalue weighted by molar-refractivity contribution is 9.10. The van der Waals surface area contributed by atoms with Gasteiger partial charge in [-0.05, 0) is 34.3 Å². The first kappa shape index (κ1) is 12.7. The molecule has 1 heterocycles. The van der Waals surface area contributed by atoms with Crippen molar-refractivity contribution in [1.29, 1.82) is 0 Å². The normalized spacial score (nSPS) is 10.8. The molecule has 0 aliphatic rings. The molecule has 0 amide bonds. The van der Waals surface area contributed by atoms with E-state index < -0.39 is 10.0 Å². The third-order valence-electron chi connectivity index (χ3n) is 1.55. The average Bonchev–Trinajstić information content (AvgIpc) is 2.60. The van der Waals surface area contributed by atoms with Gasteiger partial charge in [-0.3, -0.25) is 0 Å². The van der Waals surface area contributed by atoms with E-state index in [1.54, 1.807) is 18.4 Å². The van der Waals surface area contributed by atoms with Crippen molar-refractivity contribution in [1.82, 2.24) is 4.72 Å². The molecule has 15 heavy (non-hydrogen) atoms. The van der Waals surface area contributed by atoms with Gasteiger partial charge >= 0.3 is 0 Å². The van der Waals surface area contributed by atoms with Crippen LogP contribution in [0.4, 0.5) is 0 Å². The highest BCUT2D eigenvalue weighted by Gasteiger charge is 2.17. The predicted octanol–water partition coefficient (Wildman–Crippen LogP) is 2.20. The summed E-state index contributed by atoms with van der Waals surface area (Å²) >= 11 is 4.37. The molecule has 3 nitrogen and oxygen atoms in total. The van der Waals surface area contributed by atoms with E-state index in [9.17, 15) is 8.42 Å². The van der Waals surface area contributed by atoms with Gasteiger partial charge in [0.15, 0.2) is 0 Å². The number of halogens is 1. The molecule has 0 radical (unpaired) electrons. The van der Waals surface area contributed by atoms with E-state index in [2.05, 4.69) is 32.5 Å². The molecule has 0 fully saturated rings. The number of nitrogens with one attached hydrogen (secondary N) is 1. The first-order valence-electron chi connectivity index (χ1n) is 4.20. The molecule has 0 aliphatic carbocycles.